The molecule has 2 rings (SSSR count). The van der Waals surface area contributed by atoms with Crippen molar-refractivity contribution in [1.82, 2.24) is 4.98 Å². The minimum atomic E-state index is 0.238. The van der Waals surface area contributed by atoms with E-state index in [-0.39, 0.29) is 5.82 Å². The van der Waals surface area contributed by atoms with Crippen LogP contribution in [0.2, 0.25) is 5.02 Å². The van der Waals surface area contributed by atoms with E-state index < -0.39 is 0 Å². The SMILES string of the molecule is N#Cc1cc2ccc(Cl)cc2nc1N. The lowest BCUT2D eigenvalue weighted by Crippen LogP contribution is -1.94. The van der Waals surface area contributed by atoms with Crippen LogP contribution >= 0.6 is 11.6 Å². The molecule has 0 spiro atoms. The van der Waals surface area contributed by atoms with Gasteiger partial charge in [-0.15, -0.1) is 0 Å². The van der Waals surface area contributed by atoms with Gasteiger partial charge in [0.15, 0.2) is 0 Å². The number of rotatable bonds is 0. The quantitative estimate of drug-likeness (QED) is 0.715. The molecule has 3 nitrogen and oxygen atoms in total. The van der Waals surface area contributed by atoms with Crippen LogP contribution < -0.4 is 5.73 Å². The van der Waals surface area contributed by atoms with Crippen molar-refractivity contribution in [2.75, 3.05) is 5.73 Å². The average molecular weight is 204 g/mol. The summed E-state index contributed by atoms with van der Waals surface area (Å²) in [5, 5.41) is 10.2. The zero-order valence-corrected chi connectivity index (χ0v) is 7.92. The molecule has 0 radical (unpaired) electrons. The van der Waals surface area contributed by atoms with E-state index in [4.69, 9.17) is 22.6 Å². The summed E-state index contributed by atoms with van der Waals surface area (Å²) < 4.78 is 0. The van der Waals surface area contributed by atoms with Gasteiger partial charge in [0, 0.05) is 10.4 Å². The van der Waals surface area contributed by atoms with E-state index in [0.717, 1.165) is 5.39 Å². The van der Waals surface area contributed by atoms with E-state index >= 15 is 0 Å². The van der Waals surface area contributed by atoms with Gasteiger partial charge in [0.1, 0.15) is 11.9 Å². The lowest BCUT2D eigenvalue weighted by Gasteiger charge is -2.00. The highest BCUT2D eigenvalue weighted by atomic mass is 35.5. The summed E-state index contributed by atoms with van der Waals surface area (Å²) in [6.07, 6.45) is 0. The Morgan fingerprint density at radius 3 is 2.86 bits per heavy atom. The highest BCUT2D eigenvalue weighted by Gasteiger charge is 2.03. The smallest absolute Gasteiger partial charge is 0.142 e. The molecule has 0 saturated heterocycles. The van der Waals surface area contributed by atoms with Crippen molar-refractivity contribution in [3.8, 4) is 6.07 Å². The molecule has 0 aliphatic rings. The third-order valence-electron chi connectivity index (χ3n) is 1.93. The Balaban J connectivity index is 2.81. The van der Waals surface area contributed by atoms with Gasteiger partial charge in [-0.25, -0.2) is 4.98 Å². The number of hydrogen-bond donors (Lipinski definition) is 1. The number of halogens is 1. The lowest BCUT2D eigenvalue weighted by molar-refractivity contribution is 1.38. The summed E-state index contributed by atoms with van der Waals surface area (Å²) in [6.45, 7) is 0. The van der Waals surface area contributed by atoms with Crippen LogP contribution in [0, 0.1) is 11.3 Å². The molecule has 14 heavy (non-hydrogen) atoms. The summed E-state index contributed by atoms with van der Waals surface area (Å²) in [5.74, 6) is 0.238. The number of nitrogen functional groups attached to an aromatic ring is 1. The second kappa shape index (κ2) is 3.17. The molecule has 68 valence electrons. The van der Waals surface area contributed by atoms with Gasteiger partial charge in [0.05, 0.1) is 11.1 Å². The van der Waals surface area contributed by atoms with Gasteiger partial charge in [-0.05, 0) is 18.2 Å². The van der Waals surface area contributed by atoms with Crippen molar-refractivity contribution in [3.63, 3.8) is 0 Å². The number of fused-ring (bicyclic) bond motifs is 1. The van der Waals surface area contributed by atoms with Crippen molar-refractivity contribution in [3.05, 3.63) is 34.9 Å². The normalized spacial score (nSPS) is 10.0. The molecule has 0 unspecified atom stereocenters. The monoisotopic (exact) mass is 203 g/mol. The van der Waals surface area contributed by atoms with Crippen molar-refractivity contribution in [2.24, 2.45) is 0 Å². The van der Waals surface area contributed by atoms with Gasteiger partial charge >= 0.3 is 0 Å². The van der Waals surface area contributed by atoms with E-state index in [2.05, 4.69) is 4.98 Å². The Morgan fingerprint density at radius 1 is 1.36 bits per heavy atom. The topological polar surface area (TPSA) is 62.7 Å². The van der Waals surface area contributed by atoms with Crippen molar-refractivity contribution >= 4 is 28.3 Å². The molecule has 1 aromatic carbocycles. The van der Waals surface area contributed by atoms with E-state index in [1.165, 1.54) is 0 Å². The molecule has 0 aliphatic carbocycles. The first-order chi connectivity index (χ1) is 6.70. The summed E-state index contributed by atoms with van der Waals surface area (Å²) in [6, 6.07) is 8.96. The van der Waals surface area contributed by atoms with Crippen LogP contribution in [0.1, 0.15) is 5.56 Å². The van der Waals surface area contributed by atoms with Gasteiger partial charge in [0.2, 0.25) is 0 Å². The third kappa shape index (κ3) is 1.36. The van der Waals surface area contributed by atoms with Gasteiger partial charge in [-0.1, -0.05) is 17.7 Å². The lowest BCUT2D eigenvalue weighted by atomic mass is 10.1. The van der Waals surface area contributed by atoms with E-state index in [1.807, 2.05) is 12.1 Å². The van der Waals surface area contributed by atoms with Gasteiger partial charge in [0.25, 0.3) is 0 Å². The minimum Gasteiger partial charge on any atom is -0.383 e. The number of benzene rings is 1. The summed E-state index contributed by atoms with van der Waals surface area (Å²) in [5.41, 5.74) is 6.66. The summed E-state index contributed by atoms with van der Waals surface area (Å²) in [4.78, 5) is 4.08. The Kier molecular flexibility index (Phi) is 1.99. The summed E-state index contributed by atoms with van der Waals surface area (Å²) >= 11 is 5.80. The van der Waals surface area contributed by atoms with E-state index in [0.29, 0.717) is 16.1 Å². The van der Waals surface area contributed by atoms with Crippen LogP contribution in [0.25, 0.3) is 10.9 Å². The number of pyridine rings is 1. The highest BCUT2D eigenvalue weighted by molar-refractivity contribution is 6.31. The van der Waals surface area contributed by atoms with Crippen LogP contribution in [-0.4, -0.2) is 4.98 Å². The molecule has 1 heterocycles. The molecule has 0 amide bonds. The Bertz CT molecular complexity index is 543. The molecular weight excluding hydrogens is 198 g/mol. The molecule has 0 bridgehead atoms. The van der Waals surface area contributed by atoms with Crippen molar-refractivity contribution in [2.45, 2.75) is 0 Å². The van der Waals surface area contributed by atoms with Crippen molar-refractivity contribution < 1.29 is 0 Å². The maximum Gasteiger partial charge on any atom is 0.142 e. The molecule has 4 heteroatoms. The van der Waals surface area contributed by atoms with Crippen LogP contribution in [0.3, 0.4) is 0 Å². The molecule has 0 aliphatic heterocycles. The Morgan fingerprint density at radius 2 is 2.14 bits per heavy atom. The zero-order valence-electron chi connectivity index (χ0n) is 7.16. The van der Waals surface area contributed by atoms with E-state index in [9.17, 15) is 0 Å². The second-order valence-electron chi connectivity index (χ2n) is 2.87. The van der Waals surface area contributed by atoms with Crippen molar-refractivity contribution in [1.29, 1.82) is 5.26 Å². The fraction of sp³-hybridized carbons (Fsp3) is 0. The summed E-state index contributed by atoms with van der Waals surface area (Å²) in [7, 11) is 0. The molecular formula is C10H6ClN3. The fourth-order valence-electron chi connectivity index (χ4n) is 1.24. The van der Waals surface area contributed by atoms with Crippen LogP contribution in [0.4, 0.5) is 5.82 Å². The number of anilines is 1. The predicted octanol–water partition coefficient (Wildman–Crippen LogP) is 2.34. The second-order valence-corrected chi connectivity index (χ2v) is 3.31. The third-order valence-corrected chi connectivity index (χ3v) is 2.16. The first-order valence-electron chi connectivity index (χ1n) is 3.96. The fourth-order valence-corrected chi connectivity index (χ4v) is 1.41. The number of hydrogen-bond acceptors (Lipinski definition) is 3. The average Bonchev–Trinajstić information content (AvgIpc) is 2.16. The molecule has 2 N–H and O–H groups in total. The molecule has 0 fully saturated rings. The molecule has 2 aromatic rings. The molecule has 0 saturated carbocycles. The number of nitrogens with two attached hydrogens (primary N) is 1. The van der Waals surface area contributed by atoms with Gasteiger partial charge < -0.3 is 5.73 Å². The van der Waals surface area contributed by atoms with Crippen LogP contribution in [0.15, 0.2) is 24.3 Å². The number of nitriles is 1. The Hall–Kier alpha value is -1.79. The highest BCUT2D eigenvalue weighted by Crippen LogP contribution is 2.21. The first-order valence-corrected chi connectivity index (χ1v) is 4.34. The zero-order chi connectivity index (χ0) is 10.1. The standard InChI is InChI=1S/C10H6ClN3/c11-8-2-1-6-3-7(5-12)10(13)14-9(6)4-8/h1-4H,(H2,13,14). The van der Waals surface area contributed by atoms with Crippen LogP contribution in [-0.2, 0) is 0 Å². The van der Waals surface area contributed by atoms with Gasteiger partial charge in [-0.2, -0.15) is 5.26 Å². The van der Waals surface area contributed by atoms with Gasteiger partial charge in [-0.3, -0.25) is 0 Å². The molecule has 1 aromatic heterocycles. The largest absolute Gasteiger partial charge is 0.383 e. The molecule has 0 atom stereocenters. The maximum absolute atomic E-state index is 8.74. The number of nitrogens with zero attached hydrogens (tertiary/aromatic N) is 2. The van der Waals surface area contributed by atoms with Crippen LogP contribution in [0.5, 0.6) is 0 Å². The minimum absolute atomic E-state index is 0.238. The Labute approximate surface area is 85.7 Å². The first kappa shape index (κ1) is 8.79. The van der Waals surface area contributed by atoms with E-state index in [1.54, 1.807) is 18.2 Å². The maximum atomic E-state index is 8.74. The predicted molar refractivity (Wildman–Crippen MR) is 55.9 cm³/mol. The number of aromatic nitrogens is 1.